The molecule has 1 aromatic carbocycles. The lowest BCUT2D eigenvalue weighted by Gasteiger charge is -2.07. The molecule has 0 spiro atoms. The highest BCUT2D eigenvalue weighted by molar-refractivity contribution is 9.10. The van der Waals surface area contributed by atoms with Gasteiger partial charge >= 0.3 is 0 Å². The number of hydrogen-bond donors (Lipinski definition) is 0. The van der Waals surface area contributed by atoms with E-state index in [1.165, 1.54) is 0 Å². The number of hydrogen-bond acceptors (Lipinski definition) is 1. The minimum Gasteiger partial charge on any atom is -0.480 e. The van der Waals surface area contributed by atoms with Crippen molar-refractivity contribution in [2.45, 2.75) is 20.8 Å². The maximum absolute atomic E-state index is 5.51. The Balaban J connectivity index is 2.51. The Morgan fingerprint density at radius 3 is 2.53 bits per heavy atom. The van der Waals surface area contributed by atoms with Crippen molar-refractivity contribution < 1.29 is 4.74 Å². The van der Waals surface area contributed by atoms with Gasteiger partial charge in [0, 0.05) is 5.41 Å². The Labute approximate surface area is 100.0 Å². The second-order valence-electron chi connectivity index (χ2n) is 4.27. The molecule has 0 radical (unpaired) electrons. The summed E-state index contributed by atoms with van der Waals surface area (Å²) in [5, 5.41) is 0. The van der Waals surface area contributed by atoms with Crippen LogP contribution in [-0.4, -0.2) is 6.61 Å². The van der Waals surface area contributed by atoms with Crippen molar-refractivity contribution in [3.8, 4) is 17.6 Å². The summed E-state index contributed by atoms with van der Waals surface area (Å²) >= 11 is 3.41. The van der Waals surface area contributed by atoms with Crippen LogP contribution < -0.4 is 4.74 Å². The predicted octanol–water partition coefficient (Wildman–Crippen LogP) is 3.88. The number of rotatable bonds is 2. The van der Waals surface area contributed by atoms with E-state index in [-0.39, 0.29) is 5.41 Å². The summed E-state index contributed by atoms with van der Waals surface area (Å²) < 4.78 is 6.47. The van der Waals surface area contributed by atoms with Gasteiger partial charge in [-0.05, 0) is 48.8 Å². The molecule has 0 amide bonds. The molecule has 2 heteroatoms. The zero-order valence-electron chi connectivity index (χ0n) is 9.30. The van der Waals surface area contributed by atoms with Crippen LogP contribution in [-0.2, 0) is 0 Å². The predicted molar refractivity (Wildman–Crippen MR) is 66.9 cm³/mol. The van der Waals surface area contributed by atoms with Crippen molar-refractivity contribution in [1.82, 2.24) is 0 Å². The molecular weight excluding hydrogens is 252 g/mol. The average Bonchev–Trinajstić information content (AvgIpc) is 2.13. The van der Waals surface area contributed by atoms with E-state index in [2.05, 4.69) is 48.5 Å². The highest BCUT2D eigenvalue weighted by atomic mass is 79.9. The van der Waals surface area contributed by atoms with Crippen LogP contribution in [0.15, 0.2) is 28.7 Å². The summed E-state index contributed by atoms with van der Waals surface area (Å²) in [6, 6.07) is 7.77. The first-order valence-electron chi connectivity index (χ1n) is 4.86. The van der Waals surface area contributed by atoms with Gasteiger partial charge in [-0.25, -0.2) is 0 Å². The van der Waals surface area contributed by atoms with Crippen molar-refractivity contribution in [1.29, 1.82) is 0 Å². The van der Waals surface area contributed by atoms with Crippen LogP contribution >= 0.6 is 15.9 Å². The number of halogens is 1. The van der Waals surface area contributed by atoms with Crippen molar-refractivity contribution in [2.24, 2.45) is 5.41 Å². The third-order valence-electron chi connectivity index (χ3n) is 1.60. The lowest BCUT2D eigenvalue weighted by atomic mass is 9.98. The molecule has 0 fully saturated rings. The monoisotopic (exact) mass is 266 g/mol. The first-order chi connectivity index (χ1) is 6.99. The number of para-hydroxylation sites is 1. The minimum atomic E-state index is 0.0390. The average molecular weight is 267 g/mol. The van der Waals surface area contributed by atoms with E-state index in [1.54, 1.807) is 0 Å². The molecule has 1 nitrogen and oxygen atoms in total. The summed E-state index contributed by atoms with van der Waals surface area (Å²) in [5.74, 6) is 6.96. The lowest BCUT2D eigenvalue weighted by Crippen LogP contribution is -2.01. The third-order valence-corrected chi connectivity index (χ3v) is 2.26. The molecular formula is C13H15BrO. The molecule has 1 aromatic rings. The fourth-order valence-electron chi connectivity index (χ4n) is 0.977. The SMILES string of the molecule is CC(C)(C)C#CCOc1ccccc1Br. The first-order valence-corrected chi connectivity index (χ1v) is 5.66. The third kappa shape index (κ3) is 4.90. The second kappa shape index (κ2) is 5.23. The van der Waals surface area contributed by atoms with Gasteiger partial charge in [0.1, 0.15) is 12.4 Å². The fraction of sp³-hybridized carbons (Fsp3) is 0.385. The summed E-state index contributed by atoms with van der Waals surface area (Å²) in [6.07, 6.45) is 0. The van der Waals surface area contributed by atoms with Gasteiger partial charge < -0.3 is 4.74 Å². The molecule has 0 bridgehead atoms. The molecule has 0 saturated heterocycles. The van der Waals surface area contributed by atoms with E-state index in [0.29, 0.717) is 6.61 Å². The molecule has 0 atom stereocenters. The van der Waals surface area contributed by atoms with Crippen LogP contribution in [0.4, 0.5) is 0 Å². The quantitative estimate of drug-likeness (QED) is 0.739. The molecule has 0 heterocycles. The van der Waals surface area contributed by atoms with Crippen LogP contribution in [0.3, 0.4) is 0 Å². The van der Waals surface area contributed by atoms with E-state index in [4.69, 9.17) is 4.74 Å². The smallest absolute Gasteiger partial charge is 0.149 e. The maximum Gasteiger partial charge on any atom is 0.149 e. The molecule has 0 N–H and O–H groups in total. The number of ether oxygens (including phenoxy) is 1. The normalized spacial score (nSPS) is 10.4. The Morgan fingerprint density at radius 1 is 1.27 bits per heavy atom. The summed E-state index contributed by atoms with van der Waals surface area (Å²) in [7, 11) is 0. The molecule has 80 valence electrons. The molecule has 0 aliphatic heterocycles. The van der Waals surface area contributed by atoms with Gasteiger partial charge in [-0.3, -0.25) is 0 Å². The topological polar surface area (TPSA) is 9.23 Å². The molecule has 0 aromatic heterocycles. The van der Waals surface area contributed by atoms with E-state index in [0.717, 1.165) is 10.2 Å². The lowest BCUT2D eigenvalue weighted by molar-refractivity contribution is 0.367. The van der Waals surface area contributed by atoms with Gasteiger partial charge in [-0.15, -0.1) is 0 Å². The van der Waals surface area contributed by atoms with Crippen LogP contribution in [0.2, 0.25) is 0 Å². The molecule has 0 aliphatic rings. The van der Waals surface area contributed by atoms with Gasteiger partial charge in [0.2, 0.25) is 0 Å². The fourth-order valence-corrected chi connectivity index (χ4v) is 1.38. The zero-order valence-corrected chi connectivity index (χ0v) is 10.9. The Hall–Kier alpha value is -0.940. The Kier molecular flexibility index (Phi) is 4.23. The molecule has 1 rings (SSSR count). The highest BCUT2D eigenvalue weighted by Gasteiger charge is 2.03. The summed E-state index contributed by atoms with van der Waals surface area (Å²) in [6.45, 7) is 6.68. The van der Waals surface area contributed by atoms with E-state index in [1.807, 2.05) is 24.3 Å². The Morgan fingerprint density at radius 2 is 1.93 bits per heavy atom. The molecule has 0 unspecified atom stereocenters. The van der Waals surface area contributed by atoms with E-state index < -0.39 is 0 Å². The van der Waals surface area contributed by atoms with E-state index >= 15 is 0 Å². The Bertz CT molecular complexity index is 380. The van der Waals surface area contributed by atoms with Gasteiger partial charge in [-0.1, -0.05) is 24.0 Å². The maximum atomic E-state index is 5.51. The first kappa shape index (κ1) is 12.1. The second-order valence-corrected chi connectivity index (χ2v) is 5.13. The van der Waals surface area contributed by atoms with Crippen molar-refractivity contribution in [3.63, 3.8) is 0 Å². The van der Waals surface area contributed by atoms with Crippen molar-refractivity contribution >= 4 is 15.9 Å². The minimum absolute atomic E-state index is 0.0390. The van der Waals surface area contributed by atoms with Gasteiger partial charge in [0.05, 0.1) is 4.47 Å². The molecule has 0 saturated carbocycles. The highest BCUT2D eigenvalue weighted by Crippen LogP contribution is 2.23. The van der Waals surface area contributed by atoms with Gasteiger partial charge in [-0.2, -0.15) is 0 Å². The van der Waals surface area contributed by atoms with E-state index in [9.17, 15) is 0 Å². The summed E-state index contributed by atoms with van der Waals surface area (Å²) in [4.78, 5) is 0. The van der Waals surface area contributed by atoms with Crippen LogP contribution in [0.25, 0.3) is 0 Å². The van der Waals surface area contributed by atoms with Crippen molar-refractivity contribution in [2.75, 3.05) is 6.61 Å². The van der Waals surface area contributed by atoms with Gasteiger partial charge in [0.15, 0.2) is 0 Å². The van der Waals surface area contributed by atoms with Crippen LogP contribution in [0.1, 0.15) is 20.8 Å². The standard InChI is InChI=1S/C13H15BrO/c1-13(2,3)9-6-10-15-12-8-5-4-7-11(12)14/h4-5,7-8H,10H2,1-3H3. The van der Waals surface area contributed by atoms with Crippen LogP contribution in [0, 0.1) is 17.3 Å². The van der Waals surface area contributed by atoms with Crippen LogP contribution in [0.5, 0.6) is 5.75 Å². The molecule has 15 heavy (non-hydrogen) atoms. The number of benzene rings is 1. The van der Waals surface area contributed by atoms with Crippen molar-refractivity contribution in [3.05, 3.63) is 28.7 Å². The molecule has 0 aliphatic carbocycles. The zero-order chi connectivity index (χ0) is 11.3. The van der Waals surface area contributed by atoms with Gasteiger partial charge in [0.25, 0.3) is 0 Å². The largest absolute Gasteiger partial charge is 0.480 e. The summed E-state index contributed by atoms with van der Waals surface area (Å²) in [5.41, 5.74) is 0.0390.